The van der Waals surface area contributed by atoms with Crippen molar-refractivity contribution in [2.24, 2.45) is 0 Å². The molecule has 0 bridgehead atoms. The number of halogens is 2. The molecule has 0 N–H and O–H groups in total. The summed E-state index contributed by atoms with van der Waals surface area (Å²) in [4.78, 5) is 29.3. The topological polar surface area (TPSA) is 157 Å². The Morgan fingerprint density at radius 3 is 1.23 bits per heavy atom. The van der Waals surface area contributed by atoms with Crippen LogP contribution in [0, 0.1) is 0 Å². The largest absolute Gasteiger partial charge is 0.444 e. The van der Waals surface area contributed by atoms with Crippen LogP contribution < -0.4 is 0 Å². The Hall–Kier alpha value is -4.32. The van der Waals surface area contributed by atoms with E-state index in [1.54, 1.807) is 9.80 Å². The van der Waals surface area contributed by atoms with Gasteiger partial charge >= 0.3 is 12.2 Å². The van der Waals surface area contributed by atoms with Crippen molar-refractivity contribution < 1.29 is 38.0 Å². The molecule has 6 heterocycles. The summed E-state index contributed by atoms with van der Waals surface area (Å²) in [6.45, 7) is 15.9. The van der Waals surface area contributed by atoms with Crippen molar-refractivity contribution in [3.63, 3.8) is 0 Å². The zero-order valence-corrected chi connectivity index (χ0v) is 43.2. The summed E-state index contributed by atoms with van der Waals surface area (Å²) >= 11 is 12.7. The van der Waals surface area contributed by atoms with Crippen molar-refractivity contribution in [1.82, 2.24) is 39.3 Å². The molecular weight excluding hydrogens is 936 g/mol. The van der Waals surface area contributed by atoms with Gasteiger partial charge in [0.1, 0.15) is 22.9 Å². The molecule has 0 unspecified atom stereocenters. The third kappa shape index (κ3) is 12.5. The van der Waals surface area contributed by atoms with Crippen LogP contribution in [0.5, 0.6) is 0 Å². The summed E-state index contributed by atoms with van der Waals surface area (Å²) in [5, 5.41) is 19.6. The van der Waals surface area contributed by atoms with Crippen molar-refractivity contribution >= 4 is 35.4 Å². The first-order chi connectivity index (χ1) is 33.5. The lowest BCUT2D eigenvalue weighted by Gasteiger charge is -2.32. The molecule has 2 aromatic carbocycles. The van der Waals surface area contributed by atoms with Crippen LogP contribution in [0.15, 0.2) is 36.4 Å². The Morgan fingerprint density at radius 1 is 0.514 bits per heavy atom. The second-order valence-electron chi connectivity index (χ2n) is 21.7. The fourth-order valence-corrected chi connectivity index (χ4v) is 11.0. The number of amides is 2. The normalized spacial score (nSPS) is 23.4. The molecule has 16 nitrogen and oxygen atoms in total. The molecule has 2 aromatic heterocycles. The molecule has 4 fully saturated rings. The van der Waals surface area contributed by atoms with E-state index < -0.39 is 11.2 Å². The van der Waals surface area contributed by atoms with E-state index in [-0.39, 0.29) is 12.2 Å². The molecule has 10 rings (SSSR count). The van der Waals surface area contributed by atoms with Gasteiger partial charge in [-0.3, -0.25) is 18.9 Å². The molecule has 380 valence electrons. The van der Waals surface area contributed by atoms with E-state index in [1.807, 2.05) is 77.9 Å². The number of rotatable bonds is 6. The van der Waals surface area contributed by atoms with E-state index in [9.17, 15) is 9.59 Å². The highest BCUT2D eigenvalue weighted by Crippen LogP contribution is 2.40. The summed E-state index contributed by atoms with van der Waals surface area (Å²) in [5.74, 6) is 3.99. The first-order valence-corrected chi connectivity index (χ1v) is 26.2. The van der Waals surface area contributed by atoms with Gasteiger partial charge < -0.3 is 28.4 Å². The van der Waals surface area contributed by atoms with E-state index >= 15 is 0 Å². The molecule has 2 amide bonds. The third-order valence-corrected chi connectivity index (χ3v) is 14.4. The van der Waals surface area contributed by atoms with Gasteiger partial charge in [-0.2, -0.15) is 0 Å². The number of carbonyl (C=O) groups excluding carboxylic acids is 2. The lowest BCUT2D eigenvalue weighted by molar-refractivity contribution is -0.0798. The molecule has 2 saturated heterocycles. The highest BCUT2D eigenvalue weighted by Gasteiger charge is 2.36. The Bertz CT molecular complexity index is 2270. The molecule has 0 radical (unpaired) electrons. The molecule has 4 aliphatic heterocycles. The zero-order valence-electron chi connectivity index (χ0n) is 41.7. The van der Waals surface area contributed by atoms with Gasteiger partial charge in [-0.05, 0) is 166 Å². The van der Waals surface area contributed by atoms with E-state index in [1.165, 1.54) is 0 Å². The molecule has 0 atom stereocenters. The minimum atomic E-state index is -0.579. The van der Waals surface area contributed by atoms with E-state index in [0.717, 1.165) is 149 Å². The first-order valence-electron chi connectivity index (χ1n) is 25.4. The summed E-state index contributed by atoms with van der Waals surface area (Å²) in [5.41, 5.74) is 2.72. The maximum absolute atomic E-state index is 13.0. The summed E-state index contributed by atoms with van der Waals surface area (Å²) in [6.07, 6.45) is 12.6. The smallest absolute Gasteiger partial charge is 0.411 e. The van der Waals surface area contributed by atoms with Crippen LogP contribution in [0.2, 0.25) is 10.0 Å². The summed E-state index contributed by atoms with van der Waals surface area (Å²) < 4.78 is 39.3. The maximum Gasteiger partial charge on any atom is 0.411 e. The van der Waals surface area contributed by atoms with Crippen LogP contribution in [0.3, 0.4) is 0 Å². The Balaban J connectivity index is 0.000000174. The Labute approximate surface area is 421 Å². The molecule has 18 heteroatoms. The molecule has 0 spiro atoms. The van der Waals surface area contributed by atoms with Crippen molar-refractivity contribution in [3.05, 3.63) is 80.9 Å². The fourth-order valence-electron chi connectivity index (χ4n) is 10.6. The van der Waals surface area contributed by atoms with Gasteiger partial charge in [0.25, 0.3) is 0 Å². The van der Waals surface area contributed by atoms with Crippen LogP contribution in [0.4, 0.5) is 9.59 Å². The van der Waals surface area contributed by atoms with Crippen LogP contribution in [0.1, 0.15) is 165 Å². The standard InChI is InChI=1S/2C26H35ClN4O4/c2*1-26(2,3)35-25(32)30-15-18-14-19(27)6-9-22(18)31-23(16-30)28-29-24(31)17-4-7-20(8-5-17)34-21-10-12-33-13-11-21/h2*6,9,14,17,20-21H,4-5,7-8,10-13,15-16H2,1-3H3. The van der Waals surface area contributed by atoms with Crippen LogP contribution >= 0.6 is 23.2 Å². The quantitative estimate of drug-likeness (QED) is 0.180. The van der Waals surface area contributed by atoms with Crippen molar-refractivity contribution in [3.8, 4) is 11.4 Å². The number of nitrogens with zero attached hydrogens (tertiary/aromatic N) is 8. The molecular formula is C52H70Cl2N8O8. The molecule has 2 saturated carbocycles. The minimum Gasteiger partial charge on any atom is -0.444 e. The average Bonchev–Trinajstić information content (AvgIpc) is 3.84. The van der Waals surface area contributed by atoms with Crippen molar-refractivity contribution in [2.75, 3.05) is 26.4 Å². The molecule has 4 aromatic rings. The van der Waals surface area contributed by atoms with E-state index in [4.69, 9.17) is 51.6 Å². The number of aromatic nitrogens is 6. The number of hydrogen-bond acceptors (Lipinski definition) is 12. The van der Waals surface area contributed by atoms with Crippen LogP contribution in [-0.4, -0.2) is 114 Å². The highest BCUT2D eigenvalue weighted by atomic mass is 35.5. The molecule has 70 heavy (non-hydrogen) atoms. The summed E-state index contributed by atoms with van der Waals surface area (Å²) in [6, 6.07) is 11.6. The van der Waals surface area contributed by atoms with Crippen LogP contribution in [0.25, 0.3) is 11.4 Å². The third-order valence-electron chi connectivity index (χ3n) is 14.0. The lowest BCUT2D eigenvalue weighted by atomic mass is 9.86. The van der Waals surface area contributed by atoms with Crippen LogP contribution in [-0.2, 0) is 54.6 Å². The molecule has 6 aliphatic rings. The summed E-state index contributed by atoms with van der Waals surface area (Å²) in [7, 11) is 0. The first kappa shape index (κ1) is 50.6. The highest BCUT2D eigenvalue weighted by molar-refractivity contribution is 6.31. The number of benzene rings is 2. The maximum atomic E-state index is 13.0. The fraction of sp³-hybridized carbons (Fsp3) is 0.654. The predicted octanol–water partition coefficient (Wildman–Crippen LogP) is 10.8. The number of fused-ring (bicyclic) bond motifs is 6. The lowest BCUT2D eigenvalue weighted by Crippen LogP contribution is -2.35. The number of carbonyl (C=O) groups is 2. The van der Waals surface area contributed by atoms with Gasteiger partial charge in [-0.25, -0.2) is 9.59 Å². The van der Waals surface area contributed by atoms with Gasteiger partial charge in [0.05, 0.1) is 62.0 Å². The Kier molecular flexibility index (Phi) is 15.8. The number of hydrogen-bond donors (Lipinski definition) is 0. The second kappa shape index (κ2) is 21.8. The second-order valence-corrected chi connectivity index (χ2v) is 22.6. The van der Waals surface area contributed by atoms with Gasteiger partial charge in [-0.1, -0.05) is 23.2 Å². The predicted molar refractivity (Wildman–Crippen MR) is 264 cm³/mol. The number of ether oxygens (including phenoxy) is 6. The van der Waals surface area contributed by atoms with Gasteiger partial charge in [-0.15, -0.1) is 20.4 Å². The zero-order chi connectivity index (χ0) is 49.2. The van der Waals surface area contributed by atoms with Gasteiger partial charge in [0, 0.05) is 48.3 Å². The average molecular weight is 1010 g/mol. The van der Waals surface area contributed by atoms with Gasteiger partial charge in [0.2, 0.25) is 0 Å². The van der Waals surface area contributed by atoms with E-state index in [0.29, 0.717) is 72.5 Å². The van der Waals surface area contributed by atoms with Crippen molar-refractivity contribution in [1.29, 1.82) is 0 Å². The van der Waals surface area contributed by atoms with E-state index in [2.05, 4.69) is 29.5 Å². The molecule has 2 aliphatic carbocycles. The van der Waals surface area contributed by atoms with Crippen molar-refractivity contribution in [2.45, 2.75) is 192 Å². The Morgan fingerprint density at radius 2 is 0.871 bits per heavy atom. The van der Waals surface area contributed by atoms with Gasteiger partial charge in [0.15, 0.2) is 11.6 Å². The minimum absolute atomic E-state index is 0.294. The monoisotopic (exact) mass is 1000 g/mol. The SMILES string of the molecule is CC(C)(C)OC(=O)N1Cc2cc(Cl)ccc2-n2c(nnc2C2CCC(OC3CCOCC3)CC2)C1.CC(C)(C)OC(=O)N1Cc2cc(Cl)ccc2-n2c(nnc2C2CCC(OC3CCOCC3)CC2)C1.